The van der Waals surface area contributed by atoms with Gasteiger partial charge in [0.1, 0.15) is 29.1 Å². The Morgan fingerprint density at radius 1 is 1.07 bits per heavy atom. The standard InChI is InChI=1S/C21H20O7/c1-13(2)27-20(22)12-25-15-7-8-17-18(10-15)26-11-19(21(17)23)28-16-6-4-5-14(9-16)24-3/h4-11,13H,12H2,1-3H3. The highest BCUT2D eigenvalue weighted by atomic mass is 16.6. The average molecular weight is 384 g/mol. The molecule has 0 aliphatic carbocycles. The Morgan fingerprint density at radius 2 is 1.86 bits per heavy atom. The van der Waals surface area contributed by atoms with Crippen LogP contribution in [0.2, 0.25) is 0 Å². The summed E-state index contributed by atoms with van der Waals surface area (Å²) in [6.45, 7) is 3.28. The van der Waals surface area contributed by atoms with Crippen LogP contribution in [0, 0.1) is 0 Å². The van der Waals surface area contributed by atoms with Gasteiger partial charge < -0.3 is 23.4 Å². The molecule has 1 aromatic heterocycles. The molecule has 0 N–H and O–H groups in total. The number of methoxy groups -OCH3 is 1. The minimum Gasteiger partial charge on any atom is -0.497 e. The Morgan fingerprint density at radius 3 is 2.61 bits per heavy atom. The first kappa shape index (κ1) is 19.3. The molecule has 0 atom stereocenters. The molecule has 0 fully saturated rings. The van der Waals surface area contributed by atoms with E-state index in [1.54, 1.807) is 57.4 Å². The van der Waals surface area contributed by atoms with Crippen molar-refractivity contribution >= 4 is 16.9 Å². The van der Waals surface area contributed by atoms with Crippen LogP contribution >= 0.6 is 0 Å². The van der Waals surface area contributed by atoms with Gasteiger partial charge in [-0.25, -0.2) is 4.79 Å². The highest BCUT2D eigenvalue weighted by Gasteiger charge is 2.12. The first-order valence-corrected chi connectivity index (χ1v) is 8.66. The fourth-order valence-electron chi connectivity index (χ4n) is 2.48. The van der Waals surface area contributed by atoms with Crippen molar-refractivity contribution in [2.24, 2.45) is 0 Å². The maximum Gasteiger partial charge on any atom is 0.344 e. The highest BCUT2D eigenvalue weighted by molar-refractivity contribution is 5.79. The summed E-state index contributed by atoms with van der Waals surface area (Å²) in [6, 6.07) is 11.6. The van der Waals surface area contributed by atoms with Gasteiger partial charge in [-0.15, -0.1) is 0 Å². The maximum atomic E-state index is 12.7. The maximum absolute atomic E-state index is 12.7. The summed E-state index contributed by atoms with van der Waals surface area (Å²) in [5, 5.41) is 0.331. The SMILES string of the molecule is COc1cccc(Oc2coc3cc(OCC(=O)OC(C)C)ccc3c2=O)c1. The van der Waals surface area contributed by atoms with Gasteiger partial charge in [-0.3, -0.25) is 4.79 Å². The number of hydrogen-bond acceptors (Lipinski definition) is 7. The van der Waals surface area contributed by atoms with Gasteiger partial charge in [-0.05, 0) is 38.1 Å². The molecule has 2 aromatic carbocycles. The topological polar surface area (TPSA) is 84.2 Å². The lowest BCUT2D eigenvalue weighted by molar-refractivity contribution is -0.149. The number of fused-ring (bicyclic) bond motifs is 1. The minimum absolute atomic E-state index is 0.0509. The van der Waals surface area contributed by atoms with Crippen LogP contribution in [-0.2, 0) is 9.53 Å². The molecule has 3 aromatic rings. The van der Waals surface area contributed by atoms with Crippen molar-refractivity contribution in [2.75, 3.05) is 13.7 Å². The van der Waals surface area contributed by atoms with Crippen LogP contribution in [0.5, 0.6) is 23.0 Å². The van der Waals surface area contributed by atoms with Crippen molar-refractivity contribution in [3.63, 3.8) is 0 Å². The number of esters is 1. The third-order valence-corrected chi connectivity index (χ3v) is 3.71. The number of carbonyl (C=O) groups excluding carboxylic acids is 1. The van der Waals surface area contributed by atoms with E-state index < -0.39 is 5.97 Å². The van der Waals surface area contributed by atoms with Gasteiger partial charge in [0.25, 0.3) is 0 Å². The average Bonchev–Trinajstić information content (AvgIpc) is 2.68. The molecule has 0 saturated heterocycles. The third-order valence-electron chi connectivity index (χ3n) is 3.71. The van der Waals surface area contributed by atoms with Crippen LogP contribution in [0.25, 0.3) is 11.0 Å². The molecule has 28 heavy (non-hydrogen) atoms. The highest BCUT2D eigenvalue weighted by Crippen LogP contribution is 2.26. The number of benzene rings is 2. The molecule has 3 rings (SSSR count). The van der Waals surface area contributed by atoms with E-state index in [-0.39, 0.29) is 23.9 Å². The van der Waals surface area contributed by atoms with E-state index in [2.05, 4.69) is 0 Å². The summed E-state index contributed by atoms with van der Waals surface area (Å²) < 4.78 is 26.7. The normalized spacial score (nSPS) is 10.7. The third kappa shape index (κ3) is 4.62. The van der Waals surface area contributed by atoms with Gasteiger partial charge in [0.2, 0.25) is 11.2 Å². The molecule has 0 unspecified atom stereocenters. The Hall–Kier alpha value is -3.48. The van der Waals surface area contributed by atoms with Crippen molar-refractivity contribution in [2.45, 2.75) is 20.0 Å². The number of rotatable bonds is 7. The zero-order chi connectivity index (χ0) is 20.1. The molecule has 7 nitrogen and oxygen atoms in total. The van der Waals surface area contributed by atoms with E-state index in [1.165, 1.54) is 12.3 Å². The summed E-state index contributed by atoms with van der Waals surface area (Å²) in [5.41, 5.74) is -0.00689. The quantitative estimate of drug-likeness (QED) is 0.571. The first-order chi connectivity index (χ1) is 13.5. The second-order valence-electron chi connectivity index (χ2n) is 6.20. The van der Waals surface area contributed by atoms with Crippen molar-refractivity contribution in [1.82, 2.24) is 0 Å². The van der Waals surface area contributed by atoms with Crippen LogP contribution in [0.4, 0.5) is 0 Å². The largest absolute Gasteiger partial charge is 0.497 e. The lowest BCUT2D eigenvalue weighted by Gasteiger charge is -2.10. The lowest BCUT2D eigenvalue weighted by atomic mass is 10.2. The molecule has 0 aliphatic heterocycles. The van der Waals surface area contributed by atoms with Crippen LogP contribution in [-0.4, -0.2) is 25.8 Å². The Labute approximate surface area is 161 Å². The molecule has 0 bridgehead atoms. The van der Waals surface area contributed by atoms with Gasteiger partial charge in [0.05, 0.1) is 18.6 Å². The van der Waals surface area contributed by atoms with Crippen LogP contribution in [0.1, 0.15) is 13.8 Å². The second kappa shape index (κ2) is 8.47. The molecule has 7 heteroatoms. The zero-order valence-electron chi connectivity index (χ0n) is 15.8. The predicted molar refractivity (Wildman–Crippen MR) is 102 cm³/mol. The molecule has 146 valence electrons. The Bertz CT molecular complexity index is 1040. The number of carbonyl (C=O) groups is 1. The second-order valence-corrected chi connectivity index (χ2v) is 6.20. The summed E-state index contributed by atoms with van der Waals surface area (Å²) in [6.07, 6.45) is 1.02. The van der Waals surface area contributed by atoms with E-state index >= 15 is 0 Å². The monoisotopic (exact) mass is 384 g/mol. The molecule has 0 saturated carbocycles. The molecule has 0 radical (unpaired) electrons. The van der Waals surface area contributed by atoms with Crippen molar-refractivity contribution < 1.29 is 28.2 Å². The van der Waals surface area contributed by atoms with Crippen LogP contribution in [0.15, 0.2) is 57.9 Å². The molecule has 0 amide bonds. The molecule has 0 aliphatic rings. The van der Waals surface area contributed by atoms with Gasteiger partial charge in [-0.2, -0.15) is 0 Å². The fraction of sp³-hybridized carbons (Fsp3) is 0.238. The summed E-state index contributed by atoms with van der Waals surface area (Å²) in [4.78, 5) is 24.2. The van der Waals surface area contributed by atoms with Gasteiger partial charge in [0.15, 0.2) is 6.61 Å². The molecular formula is C21H20O7. The van der Waals surface area contributed by atoms with Crippen molar-refractivity contribution in [1.29, 1.82) is 0 Å². The zero-order valence-corrected chi connectivity index (χ0v) is 15.8. The lowest BCUT2D eigenvalue weighted by Crippen LogP contribution is -2.18. The fourth-order valence-corrected chi connectivity index (χ4v) is 2.48. The van der Waals surface area contributed by atoms with Crippen molar-refractivity contribution in [3.8, 4) is 23.0 Å². The number of hydrogen-bond donors (Lipinski definition) is 0. The summed E-state index contributed by atoms with van der Waals surface area (Å²) >= 11 is 0. The molecular weight excluding hydrogens is 364 g/mol. The van der Waals surface area contributed by atoms with Crippen molar-refractivity contribution in [3.05, 3.63) is 59.0 Å². The Kier molecular flexibility index (Phi) is 5.84. The number of ether oxygens (including phenoxy) is 4. The summed E-state index contributed by atoms with van der Waals surface area (Å²) in [5.74, 6) is 1.03. The van der Waals surface area contributed by atoms with Crippen LogP contribution in [0.3, 0.4) is 0 Å². The predicted octanol–water partition coefficient (Wildman–Crippen LogP) is 3.92. The minimum atomic E-state index is -0.474. The van der Waals surface area contributed by atoms with E-state index in [4.69, 9.17) is 23.4 Å². The molecule has 0 spiro atoms. The first-order valence-electron chi connectivity index (χ1n) is 8.66. The Balaban J connectivity index is 1.78. The summed E-state index contributed by atoms with van der Waals surface area (Å²) in [7, 11) is 1.55. The van der Waals surface area contributed by atoms with E-state index in [0.717, 1.165) is 0 Å². The van der Waals surface area contributed by atoms with Gasteiger partial charge in [0, 0.05) is 12.1 Å². The van der Waals surface area contributed by atoms with E-state index in [0.29, 0.717) is 28.2 Å². The smallest absolute Gasteiger partial charge is 0.344 e. The van der Waals surface area contributed by atoms with E-state index in [1.807, 2.05) is 0 Å². The van der Waals surface area contributed by atoms with Gasteiger partial charge >= 0.3 is 5.97 Å². The van der Waals surface area contributed by atoms with E-state index in [9.17, 15) is 9.59 Å². The van der Waals surface area contributed by atoms with Crippen LogP contribution < -0.4 is 19.6 Å². The molecule has 1 heterocycles. The van der Waals surface area contributed by atoms with Gasteiger partial charge in [-0.1, -0.05) is 6.07 Å².